The number of halogens is 1. The van der Waals surface area contributed by atoms with Gasteiger partial charge in [0.15, 0.2) is 21.4 Å². The highest BCUT2D eigenvalue weighted by Gasteiger charge is 2.33. The number of carboxylic acid groups (broad SMARTS) is 1. The molecule has 1 atom stereocenters. The third-order valence-electron chi connectivity index (χ3n) is 3.68. The lowest BCUT2D eigenvalue weighted by atomic mass is 10.1. The van der Waals surface area contributed by atoms with Crippen molar-refractivity contribution in [3.8, 4) is 11.6 Å². The van der Waals surface area contributed by atoms with Gasteiger partial charge < -0.3 is 15.2 Å². The van der Waals surface area contributed by atoms with Gasteiger partial charge in [-0.2, -0.15) is 0 Å². The maximum absolute atomic E-state index is 13.7. The zero-order valence-corrected chi connectivity index (χ0v) is 14.9. The van der Waals surface area contributed by atoms with E-state index in [2.05, 4.69) is 10.3 Å². The number of amides is 1. The maximum atomic E-state index is 13.7. The molecule has 27 heavy (non-hydrogen) atoms. The topological polar surface area (TPSA) is 123 Å². The summed E-state index contributed by atoms with van der Waals surface area (Å²) in [6.45, 7) is -0.250. The van der Waals surface area contributed by atoms with Gasteiger partial charge in [0.05, 0.1) is 17.4 Å². The van der Waals surface area contributed by atoms with Crippen LogP contribution in [0.5, 0.6) is 11.6 Å². The summed E-state index contributed by atoms with van der Waals surface area (Å²) in [5.74, 6) is -1.70. The van der Waals surface area contributed by atoms with E-state index in [4.69, 9.17) is 14.6 Å². The van der Waals surface area contributed by atoms with Crippen molar-refractivity contribution in [3.63, 3.8) is 0 Å². The highest BCUT2D eigenvalue weighted by atomic mass is 32.2. The number of carbonyl (C=O) groups is 2. The van der Waals surface area contributed by atoms with E-state index in [1.165, 1.54) is 24.4 Å². The van der Waals surface area contributed by atoms with E-state index in [0.717, 1.165) is 0 Å². The SMILES string of the molecule is O=C(Nc1cccnc1Oc1ccccc1F)C1CCS(=O)(=O)C1.O=CO. The van der Waals surface area contributed by atoms with Crippen LogP contribution in [0.15, 0.2) is 42.6 Å². The summed E-state index contributed by atoms with van der Waals surface area (Å²) in [5.41, 5.74) is 0.259. The second-order valence-electron chi connectivity index (χ2n) is 5.58. The van der Waals surface area contributed by atoms with E-state index >= 15 is 0 Å². The normalized spacial score (nSPS) is 17.3. The summed E-state index contributed by atoms with van der Waals surface area (Å²) in [6, 6.07) is 8.99. The molecule has 1 saturated heterocycles. The van der Waals surface area contributed by atoms with Gasteiger partial charge in [-0.25, -0.2) is 17.8 Å². The summed E-state index contributed by atoms with van der Waals surface area (Å²) in [7, 11) is -3.15. The number of carbonyl (C=O) groups excluding carboxylic acids is 1. The zero-order valence-electron chi connectivity index (χ0n) is 14.0. The van der Waals surface area contributed by atoms with Crippen molar-refractivity contribution in [1.82, 2.24) is 4.98 Å². The number of nitrogens with one attached hydrogen (secondary N) is 1. The van der Waals surface area contributed by atoms with Gasteiger partial charge in [0.2, 0.25) is 11.8 Å². The molecule has 10 heteroatoms. The van der Waals surface area contributed by atoms with Gasteiger partial charge in [-0.05, 0) is 30.7 Å². The molecule has 0 radical (unpaired) electrons. The van der Waals surface area contributed by atoms with Crippen LogP contribution < -0.4 is 10.1 Å². The number of hydrogen-bond acceptors (Lipinski definition) is 6. The Morgan fingerprint density at radius 3 is 2.63 bits per heavy atom. The van der Waals surface area contributed by atoms with Crippen LogP contribution in [-0.4, -0.2) is 42.4 Å². The van der Waals surface area contributed by atoms with Crippen molar-refractivity contribution in [3.05, 3.63) is 48.4 Å². The average molecular weight is 396 g/mol. The Labute approximate surface area is 154 Å². The molecule has 1 aliphatic rings. The summed E-state index contributed by atoms with van der Waals surface area (Å²) in [5, 5.41) is 9.51. The Bertz CT molecular complexity index is 919. The van der Waals surface area contributed by atoms with Crippen LogP contribution in [0.25, 0.3) is 0 Å². The van der Waals surface area contributed by atoms with Gasteiger partial charge >= 0.3 is 0 Å². The molecular formula is C17H17FN2O6S. The predicted octanol–water partition coefficient (Wildman–Crippen LogP) is 2.09. The molecule has 144 valence electrons. The van der Waals surface area contributed by atoms with Crippen molar-refractivity contribution in [2.75, 3.05) is 16.8 Å². The molecule has 0 spiro atoms. The van der Waals surface area contributed by atoms with Crippen molar-refractivity contribution < 1.29 is 32.2 Å². The van der Waals surface area contributed by atoms with E-state index in [0.29, 0.717) is 0 Å². The molecule has 3 rings (SSSR count). The Hall–Kier alpha value is -3.01. The maximum Gasteiger partial charge on any atom is 0.290 e. The lowest BCUT2D eigenvalue weighted by Crippen LogP contribution is -2.24. The number of ether oxygens (including phenoxy) is 1. The predicted molar refractivity (Wildman–Crippen MR) is 94.8 cm³/mol. The van der Waals surface area contributed by atoms with E-state index in [1.807, 2.05) is 0 Å². The van der Waals surface area contributed by atoms with Crippen LogP contribution in [-0.2, 0) is 19.4 Å². The van der Waals surface area contributed by atoms with E-state index in [1.54, 1.807) is 18.2 Å². The fraction of sp³-hybridized carbons (Fsp3) is 0.235. The molecule has 0 bridgehead atoms. The fourth-order valence-electron chi connectivity index (χ4n) is 2.44. The molecule has 8 nitrogen and oxygen atoms in total. The molecule has 1 amide bonds. The molecule has 1 aromatic carbocycles. The first-order chi connectivity index (χ1) is 12.9. The Morgan fingerprint density at radius 2 is 2.00 bits per heavy atom. The first-order valence-electron chi connectivity index (χ1n) is 7.83. The second-order valence-corrected chi connectivity index (χ2v) is 7.81. The molecule has 1 unspecified atom stereocenters. The largest absolute Gasteiger partial charge is 0.483 e. The van der Waals surface area contributed by atoms with Gasteiger partial charge in [0.25, 0.3) is 6.47 Å². The molecule has 0 saturated carbocycles. The molecular weight excluding hydrogens is 379 g/mol. The minimum absolute atomic E-state index is 0.0106. The number of hydrogen-bond donors (Lipinski definition) is 2. The Kier molecular flexibility index (Phi) is 6.83. The van der Waals surface area contributed by atoms with Crippen molar-refractivity contribution in [2.24, 2.45) is 5.92 Å². The van der Waals surface area contributed by atoms with Gasteiger partial charge in [-0.3, -0.25) is 9.59 Å². The number of para-hydroxylation sites is 1. The number of sulfone groups is 1. The van der Waals surface area contributed by atoms with Crippen molar-refractivity contribution in [1.29, 1.82) is 0 Å². The first-order valence-corrected chi connectivity index (χ1v) is 9.65. The highest BCUT2D eigenvalue weighted by Crippen LogP contribution is 2.29. The van der Waals surface area contributed by atoms with Crippen LogP contribution in [0.1, 0.15) is 6.42 Å². The minimum Gasteiger partial charge on any atom is -0.483 e. The summed E-state index contributed by atoms with van der Waals surface area (Å²) < 4.78 is 42.1. The third kappa shape index (κ3) is 5.74. The van der Waals surface area contributed by atoms with Gasteiger partial charge in [0.1, 0.15) is 5.69 Å². The number of nitrogens with zero attached hydrogens (tertiary/aromatic N) is 1. The van der Waals surface area contributed by atoms with Gasteiger partial charge in [-0.1, -0.05) is 12.1 Å². The summed E-state index contributed by atoms with van der Waals surface area (Å²) in [6.07, 6.45) is 1.74. The zero-order chi connectivity index (χ0) is 19.9. The Morgan fingerprint density at radius 1 is 1.30 bits per heavy atom. The molecule has 2 N–H and O–H groups in total. The van der Waals surface area contributed by atoms with Gasteiger partial charge in [-0.15, -0.1) is 0 Å². The average Bonchev–Trinajstić information content (AvgIpc) is 2.99. The molecule has 1 aliphatic heterocycles. The van der Waals surface area contributed by atoms with Crippen LogP contribution in [0.2, 0.25) is 0 Å². The van der Waals surface area contributed by atoms with Crippen LogP contribution in [0, 0.1) is 11.7 Å². The number of anilines is 1. The lowest BCUT2D eigenvalue weighted by molar-refractivity contribution is -0.123. The van der Waals surface area contributed by atoms with E-state index in [9.17, 15) is 17.6 Å². The van der Waals surface area contributed by atoms with E-state index in [-0.39, 0.29) is 41.7 Å². The number of aromatic nitrogens is 1. The number of pyridine rings is 1. The quantitative estimate of drug-likeness (QED) is 0.759. The van der Waals surface area contributed by atoms with Crippen LogP contribution >= 0.6 is 0 Å². The van der Waals surface area contributed by atoms with Crippen molar-refractivity contribution in [2.45, 2.75) is 6.42 Å². The van der Waals surface area contributed by atoms with Crippen LogP contribution in [0.3, 0.4) is 0 Å². The summed E-state index contributed by atoms with van der Waals surface area (Å²) >= 11 is 0. The molecule has 1 fully saturated rings. The number of benzene rings is 1. The summed E-state index contributed by atoms with van der Waals surface area (Å²) in [4.78, 5) is 24.6. The van der Waals surface area contributed by atoms with E-state index < -0.39 is 27.5 Å². The number of rotatable bonds is 4. The Balaban J connectivity index is 0.000000817. The van der Waals surface area contributed by atoms with Gasteiger partial charge in [0, 0.05) is 6.20 Å². The molecule has 0 aliphatic carbocycles. The molecule has 2 heterocycles. The highest BCUT2D eigenvalue weighted by molar-refractivity contribution is 7.91. The monoisotopic (exact) mass is 396 g/mol. The smallest absolute Gasteiger partial charge is 0.290 e. The standard InChI is InChI=1S/C16H15FN2O4S.CH2O2/c17-12-4-1-2-6-14(12)23-16-13(5-3-8-18-16)19-15(20)11-7-9-24(21,22)10-11;2-1-3/h1-6,8,11H,7,9-10H2,(H,19,20);1H,(H,2,3). The van der Waals surface area contributed by atoms with Crippen LogP contribution in [0.4, 0.5) is 10.1 Å². The minimum atomic E-state index is -3.15. The second kappa shape index (κ2) is 9.08. The third-order valence-corrected chi connectivity index (χ3v) is 5.44. The fourth-order valence-corrected chi connectivity index (χ4v) is 4.18. The first kappa shape index (κ1) is 20.3. The molecule has 1 aromatic heterocycles. The molecule has 2 aromatic rings. The van der Waals surface area contributed by atoms with Crippen molar-refractivity contribution >= 4 is 27.9 Å². The lowest BCUT2D eigenvalue weighted by Gasteiger charge is -2.13.